The van der Waals surface area contributed by atoms with E-state index < -0.39 is 0 Å². The summed E-state index contributed by atoms with van der Waals surface area (Å²) >= 11 is 0. The first-order valence-electron chi connectivity index (χ1n) is 8.24. The number of nitriles is 1. The first kappa shape index (κ1) is 15.5. The zero-order chi connectivity index (χ0) is 17.2. The van der Waals surface area contributed by atoms with E-state index in [0.717, 1.165) is 37.3 Å². The number of aryl methyl sites for hydroxylation is 1. The van der Waals surface area contributed by atoms with E-state index in [-0.39, 0.29) is 5.92 Å². The fourth-order valence-corrected chi connectivity index (χ4v) is 3.24. The topological polar surface area (TPSA) is 83.8 Å². The highest BCUT2D eigenvalue weighted by atomic mass is 16.4. The van der Waals surface area contributed by atoms with Crippen molar-refractivity contribution >= 4 is 0 Å². The molecule has 7 nitrogen and oxygen atoms in total. The van der Waals surface area contributed by atoms with Crippen LogP contribution in [-0.2, 0) is 13.6 Å². The molecule has 1 aromatic carbocycles. The van der Waals surface area contributed by atoms with Gasteiger partial charge in [0.1, 0.15) is 5.69 Å². The van der Waals surface area contributed by atoms with E-state index in [2.05, 4.69) is 32.2 Å². The molecule has 0 amide bonds. The maximum atomic E-state index is 9.02. The van der Waals surface area contributed by atoms with Crippen molar-refractivity contribution < 1.29 is 4.42 Å². The second kappa shape index (κ2) is 6.49. The lowest BCUT2D eigenvalue weighted by molar-refractivity contribution is 0.320. The molecular formula is C18H18N6O. The molecule has 0 bridgehead atoms. The van der Waals surface area contributed by atoms with E-state index in [1.54, 1.807) is 12.5 Å². The van der Waals surface area contributed by atoms with Crippen LogP contribution in [0.2, 0.25) is 0 Å². The maximum absolute atomic E-state index is 9.02. The molecule has 1 aliphatic heterocycles. The fourth-order valence-electron chi connectivity index (χ4n) is 3.24. The summed E-state index contributed by atoms with van der Waals surface area (Å²) in [4.78, 5) is 6.44. The summed E-state index contributed by atoms with van der Waals surface area (Å²) in [6, 6.07) is 9.95. The number of hydrogen-bond donors (Lipinski definition) is 0. The number of nitrogens with zero attached hydrogens (tertiary/aromatic N) is 6. The first-order chi connectivity index (χ1) is 12.2. The number of imidazole rings is 1. The van der Waals surface area contributed by atoms with Crippen molar-refractivity contribution in [2.24, 2.45) is 7.05 Å². The summed E-state index contributed by atoms with van der Waals surface area (Å²) in [7, 11) is 1.90. The van der Waals surface area contributed by atoms with Crippen molar-refractivity contribution in [3.05, 3.63) is 53.8 Å². The summed E-state index contributed by atoms with van der Waals surface area (Å²) in [5, 5.41) is 17.4. The van der Waals surface area contributed by atoms with Gasteiger partial charge in [-0.25, -0.2) is 4.98 Å². The van der Waals surface area contributed by atoms with Crippen molar-refractivity contribution in [1.29, 1.82) is 5.26 Å². The highest BCUT2D eigenvalue weighted by Gasteiger charge is 2.28. The molecule has 2 aromatic heterocycles. The molecule has 1 fully saturated rings. The van der Waals surface area contributed by atoms with Crippen LogP contribution in [0.5, 0.6) is 0 Å². The zero-order valence-electron chi connectivity index (χ0n) is 14.0. The molecule has 4 rings (SSSR count). The smallest absolute Gasteiger partial charge is 0.265 e. The van der Waals surface area contributed by atoms with Gasteiger partial charge in [-0.2, -0.15) is 5.26 Å². The Labute approximate surface area is 145 Å². The lowest BCUT2D eigenvalue weighted by Gasteiger charge is -2.15. The van der Waals surface area contributed by atoms with E-state index in [1.165, 1.54) is 0 Å². The second-order valence-corrected chi connectivity index (χ2v) is 6.37. The summed E-state index contributed by atoms with van der Waals surface area (Å²) in [6.07, 6.45) is 4.43. The van der Waals surface area contributed by atoms with Gasteiger partial charge in [0, 0.05) is 20.1 Å². The van der Waals surface area contributed by atoms with Crippen LogP contribution in [0.4, 0.5) is 0 Å². The van der Waals surface area contributed by atoms with Gasteiger partial charge < -0.3 is 8.98 Å². The summed E-state index contributed by atoms with van der Waals surface area (Å²) < 4.78 is 7.74. The quantitative estimate of drug-likeness (QED) is 0.728. The highest BCUT2D eigenvalue weighted by Crippen LogP contribution is 2.29. The van der Waals surface area contributed by atoms with Crippen LogP contribution >= 0.6 is 0 Å². The minimum absolute atomic E-state index is 0.244. The molecule has 1 aliphatic rings. The lowest BCUT2D eigenvalue weighted by Crippen LogP contribution is -2.19. The van der Waals surface area contributed by atoms with Gasteiger partial charge in [-0.05, 0) is 30.7 Å². The van der Waals surface area contributed by atoms with Gasteiger partial charge in [-0.1, -0.05) is 12.1 Å². The van der Waals surface area contributed by atoms with Gasteiger partial charge in [0.25, 0.3) is 5.89 Å². The largest absolute Gasteiger partial charge is 0.419 e. The monoisotopic (exact) mass is 334 g/mol. The predicted molar refractivity (Wildman–Crippen MR) is 90.3 cm³/mol. The van der Waals surface area contributed by atoms with Crippen molar-refractivity contribution in [2.75, 3.05) is 13.1 Å². The third-order valence-electron chi connectivity index (χ3n) is 4.56. The molecule has 1 saturated heterocycles. The van der Waals surface area contributed by atoms with Crippen LogP contribution < -0.4 is 0 Å². The molecular weight excluding hydrogens is 316 g/mol. The van der Waals surface area contributed by atoms with Crippen LogP contribution in [0, 0.1) is 11.3 Å². The Morgan fingerprint density at radius 1 is 1.36 bits per heavy atom. The van der Waals surface area contributed by atoms with Crippen molar-refractivity contribution in [1.82, 2.24) is 24.6 Å². The van der Waals surface area contributed by atoms with Crippen LogP contribution in [0.1, 0.15) is 29.4 Å². The fraction of sp³-hybridized carbons (Fsp3) is 0.333. The minimum atomic E-state index is 0.244. The zero-order valence-corrected chi connectivity index (χ0v) is 14.0. The van der Waals surface area contributed by atoms with Crippen molar-refractivity contribution in [3.63, 3.8) is 0 Å². The minimum Gasteiger partial charge on any atom is -0.419 e. The number of hydrogen-bond acceptors (Lipinski definition) is 6. The van der Waals surface area contributed by atoms with Gasteiger partial charge in [-0.3, -0.25) is 4.90 Å². The number of benzene rings is 1. The van der Waals surface area contributed by atoms with Crippen LogP contribution in [-0.4, -0.2) is 37.7 Å². The van der Waals surface area contributed by atoms with Crippen molar-refractivity contribution in [2.45, 2.75) is 18.9 Å². The highest BCUT2D eigenvalue weighted by molar-refractivity contribution is 5.45. The lowest BCUT2D eigenvalue weighted by atomic mass is 10.1. The summed E-state index contributed by atoms with van der Waals surface area (Å²) in [5.74, 6) is 1.44. The molecule has 7 heteroatoms. The van der Waals surface area contributed by atoms with E-state index in [4.69, 9.17) is 9.68 Å². The molecule has 3 aromatic rings. The van der Waals surface area contributed by atoms with Gasteiger partial charge in [0.05, 0.1) is 30.1 Å². The summed E-state index contributed by atoms with van der Waals surface area (Å²) in [5.41, 5.74) is 2.67. The second-order valence-electron chi connectivity index (χ2n) is 6.37. The van der Waals surface area contributed by atoms with Crippen molar-refractivity contribution in [3.8, 4) is 17.7 Å². The molecule has 0 saturated carbocycles. The van der Waals surface area contributed by atoms with Gasteiger partial charge >= 0.3 is 0 Å². The van der Waals surface area contributed by atoms with E-state index in [1.807, 2.05) is 29.8 Å². The predicted octanol–water partition coefficient (Wildman–Crippen LogP) is 2.33. The summed E-state index contributed by atoms with van der Waals surface area (Å²) in [6.45, 7) is 2.68. The third-order valence-corrected chi connectivity index (χ3v) is 4.56. The van der Waals surface area contributed by atoms with Gasteiger partial charge in [0.2, 0.25) is 5.89 Å². The SMILES string of the molecule is Cn1cncc1-c1nnc([C@H]2CCN(Cc3cccc(C#N)c3)C2)o1. The Kier molecular flexibility index (Phi) is 4.04. The van der Waals surface area contributed by atoms with E-state index in [0.29, 0.717) is 17.3 Å². The van der Waals surface area contributed by atoms with Crippen LogP contribution in [0.15, 0.2) is 41.2 Å². The maximum Gasteiger partial charge on any atom is 0.265 e. The molecule has 25 heavy (non-hydrogen) atoms. The molecule has 126 valence electrons. The third kappa shape index (κ3) is 3.16. The Bertz CT molecular complexity index is 922. The molecule has 0 aliphatic carbocycles. The molecule has 3 heterocycles. The Hall–Kier alpha value is -2.98. The van der Waals surface area contributed by atoms with Gasteiger partial charge in [-0.15, -0.1) is 10.2 Å². The van der Waals surface area contributed by atoms with Crippen LogP contribution in [0.3, 0.4) is 0 Å². The van der Waals surface area contributed by atoms with Gasteiger partial charge in [0.15, 0.2) is 0 Å². The number of likely N-dealkylation sites (tertiary alicyclic amines) is 1. The Morgan fingerprint density at radius 2 is 2.28 bits per heavy atom. The molecule has 0 spiro atoms. The Morgan fingerprint density at radius 3 is 3.08 bits per heavy atom. The Balaban J connectivity index is 1.43. The molecule has 1 atom stereocenters. The molecule has 0 unspecified atom stereocenters. The average Bonchev–Trinajstić information content (AvgIpc) is 3.35. The standard InChI is InChI=1S/C18H18N6O/c1-23-12-20-9-16(23)18-22-21-17(25-18)15-5-6-24(11-15)10-14-4-2-3-13(7-14)8-19/h2-4,7,9,12,15H,5-6,10-11H2,1H3/t15-/m0/s1. The average molecular weight is 334 g/mol. The van der Waals surface area contributed by atoms with Crippen LogP contribution in [0.25, 0.3) is 11.6 Å². The van der Waals surface area contributed by atoms with E-state index >= 15 is 0 Å². The van der Waals surface area contributed by atoms with E-state index in [9.17, 15) is 0 Å². The first-order valence-corrected chi connectivity index (χ1v) is 8.24. The molecule has 0 N–H and O–H groups in total. The normalized spacial score (nSPS) is 17.7. The number of rotatable bonds is 4. The molecule has 0 radical (unpaired) electrons. The number of aromatic nitrogens is 4.